The van der Waals surface area contributed by atoms with Gasteiger partial charge in [-0.05, 0) is 190 Å². The molecule has 20 N–H and O–H groups in total. The highest BCUT2D eigenvalue weighted by Gasteiger charge is 2.50. The van der Waals surface area contributed by atoms with E-state index < -0.39 is 222 Å². The molecule has 4 aliphatic rings. The first kappa shape index (κ1) is 109. The molecule has 2 aromatic heterocycles. The number of aliphatic carboxylic acids is 2. The molecule has 16 amide bonds. The highest BCUT2D eigenvalue weighted by molar-refractivity contribution is 7.17. The Morgan fingerprint density at radius 1 is 0.540 bits per heavy atom. The van der Waals surface area contributed by atoms with E-state index in [2.05, 4.69) is 74.4 Å². The predicted molar refractivity (Wildman–Crippen MR) is 514 cm³/mol. The average molecular weight is 1970 g/mol. The zero-order valence-corrected chi connectivity index (χ0v) is 80.7. The molecule has 9 rings (SSSR count). The maximum absolute atomic E-state index is 15.4. The van der Waals surface area contributed by atoms with Crippen molar-refractivity contribution in [1.82, 2.24) is 84.2 Å². The van der Waals surface area contributed by atoms with Crippen LogP contribution in [0.3, 0.4) is 0 Å². The number of likely N-dealkylation sites (tertiary alicyclic amines) is 1. The summed E-state index contributed by atoms with van der Waals surface area (Å²) in [5.74, 6) is -16.0. The van der Waals surface area contributed by atoms with Crippen LogP contribution in [-0.2, 0) is 102 Å². The van der Waals surface area contributed by atoms with Gasteiger partial charge in [0.2, 0.25) is 76.8 Å². The summed E-state index contributed by atoms with van der Waals surface area (Å²) in [6.07, 6.45) is 7.67. The summed E-state index contributed by atoms with van der Waals surface area (Å²) in [7, 11) is 0. The van der Waals surface area contributed by atoms with Crippen LogP contribution in [-0.4, -0.2) is 260 Å². The maximum atomic E-state index is 15.4. The Labute approximate surface area is 814 Å². The molecule has 3 saturated heterocycles. The summed E-state index contributed by atoms with van der Waals surface area (Å²) in [6, 6.07) is 2.54. The molecule has 754 valence electrons. The first-order valence-electron chi connectivity index (χ1n) is 47.1. The summed E-state index contributed by atoms with van der Waals surface area (Å²) in [6.45, 7) is 8.82. The number of nitrogens with zero attached hydrogens (tertiary/aromatic N) is 2. The molecule has 3 unspecified atom stereocenters. The minimum atomic E-state index is -2.11. The van der Waals surface area contributed by atoms with Crippen LogP contribution in [0.25, 0.3) is 10.1 Å². The molecule has 6 heterocycles. The third-order valence-electron chi connectivity index (χ3n) is 24.4. The van der Waals surface area contributed by atoms with Crippen LogP contribution in [0.2, 0.25) is 0 Å². The number of carbonyl (C=O) groups is 18. The Morgan fingerprint density at radius 2 is 1.12 bits per heavy atom. The number of cyclic esters (lactones) is 1. The molecule has 1 spiro atoms. The number of carboxylic acids is 3. The lowest BCUT2D eigenvalue weighted by Gasteiger charge is -2.39. The Hall–Kier alpha value is -13.2. The van der Waals surface area contributed by atoms with Gasteiger partial charge in [0, 0.05) is 75.6 Å². The lowest BCUT2D eigenvalue weighted by molar-refractivity contribution is -0.146. The monoisotopic (exact) mass is 1970 g/mol. The van der Waals surface area contributed by atoms with Gasteiger partial charge in [-0.1, -0.05) is 119 Å². The number of aliphatic hydroxyl groups excluding tert-OH is 1. The van der Waals surface area contributed by atoms with Crippen molar-refractivity contribution in [3.8, 4) is 0 Å². The lowest BCUT2D eigenvalue weighted by atomic mass is 9.87. The number of allylic oxidation sites excluding steroid dienone is 3. The van der Waals surface area contributed by atoms with Crippen molar-refractivity contribution in [3.63, 3.8) is 0 Å². The van der Waals surface area contributed by atoms with Crippen molar-refractivity contribution in [2.45, 2.75) is 286 Å². The fourth-order valence-corrected chi connectivity index (χ4v) is 18.9. The Morgan fingerprint density at radius 3 is 1.78 bits per heavy atom. The van der Waals surface area contributed by atoms with Crippen molar-refractivity contribution in [2.24, 2.45) is 11.1 Å². The van der Waals surface area contributed by atoms with E-state index >= 15 is 14.4 Å². The number of benzene rings is 3. The van der Waals surface area contributed by atoms with Gasteiger partial charge in [-0.15, -0.1) is 11.3 Å². The number of nitrogens with two attached hydrogens (primary N) is 1. The van der Waals surface area contributed by atoms with Gasteiger partial charge in [-0.25, -0.2) is 14.4 Å². The highest BCUT2D eigenvalue weighted by atomic mass is 32.1. The summed E-state index contributed by atoms with van der Waals surface area (Å²) >= 11 is 2.82. The molecule has 3 aromatic carbocycles. The molecule has 4 aliphatic heterocycles. The zero-order chi connectivity index (χ0) is 101. The standard InChI is InChI=1S/C97H131N17O23S2/c1-57-82(122)100-58(2)83(123)106-71(45-60-28-18-17-19-29-60)87(127)105-69-33-22-24-40-99-78(116)36-35-68(81(98)121)104-88(128)73(48-64-56-139-77-34-21-20-32-67(64)77)108-86(126)70(47-62-37-43-138-55-62)102-65-49-66(103-84(69)124)54-113(53-65)95(136)137-42-25-16-14-12-10-8-7-9-11-13-15-23-38-97(39-27-41-114(97)59(3)115)93(134)110-74(50-79(117)118)89(129)109-76(52-96(4,5)6)91(131)112-94(135)111-75(51-80(119)120)90(130)107-72(85(125)101-57)46-61-30-26-31-63(44-61)92(132)133/h12,14-15,17-21,23,26,28-32,34,37,43-44,55-58,65-66,68-76,91,102,131H,7-11,13,16,22,24-25,27,33,35-36,38-42,45-54H2,1-6H3,(H2,98,121)(H,99,116)(H,100,122)(H,101,125)(H,103,124)(H,104,128)(H,105,127)(H,106,123)(H,107,130)(H,108,126)(H,109,129)(H,110,134)(H,117,118)(H,119,120)(H,132,133)(H2,111,112,135)/b14-12+,23-15-/t57-,58-,65?,66?,68-,69-,70-,71-,72-,73-,74-,75-,76-,91?,97-/m0/s1. The van der Waals surface area contributed by atoms with E-state index in [0.29, 0.717) is 36.8 Å². The molecule has 4 bridgehead atoms. The van der Waals surface area contributed by atoms with Crippen LogP contribution in [0.5, 0.6) is 0 Å². The van der Waals surface area contributed by atoms with Crippen molar-refractivity contribution < 1.29 is 111 Å². The van der Waals surface area contributed by atoms with Gasteiger partial charge in [-0.2, -0.15) is 11.3 Å². The Bertz CT molecular complexity index is 5200. The molecular formula is C97H131N17O23S2. The number of nitrogens with one attached hydrogen (secondary N) is 14. The van der Waals surface area contributed by atoms with Crippen LogP contribution in [0, 0.1) is 5.41 Å². The highest BCUT2D eigenvalue weighted by Crippen LogP contribution is 2.35. The third kappa shape index (κ3) is 35.0. The van der Waals surface area contributed by atoms with Crippen LogP contribution in [0.15, 0.2) is 125 Å². The summed E-state index contributed by atoms with van der Waals surface area (Å²) in [5, 5.41) is 85.7. The number of thiophene rings is 2. The van der Waals surface area contributed by atoms with Gasteiger partial charge in [0.15, 0.2) is 0 Å². The number of ether oxygens (including phenoxy) is 1. The number of aromatic carboxylic acids is 1. The first-order chi connectivity index (χ1) is 66.2. The minimum absolute atomic E-state index is 0.00553. The molecule has 0 saturated carbocycles. The second-order valence-corrected chi connectivity index (χ2v) is 38.6. The number of fused-ring (bicyclic) bond motifs is 5. The number of piperidine rings is 1. The van der Waals surface area contributed by atoms with E-state index in [4.69, 9.17) is 10.5 Å². The van der Waals surface area contributed by atoms with E-state index in [0.717, 1.165) is 53.8 Å². The topological polar surface area (TPSA) is 598 Å². The van der Waals surface area contributed by atoms with Crippen LogP contribution < -0.4 is 80.2 Å². The number of aliphatic hydroxyl groups is 1. The molecule has 40 nitrogen and oxygen atoms in total. The van der Waals surface area contributed by atoms with Gasteiger partial charge in [0.05, 0.1) is 37.1 Å². The Kier molecular flexibility index (Phi) is 42.2. The van der Waals surface area contributed by atoms with Gasteiger partial charge in [-0.3, -0.25) is 71.9 Å². The van der Waals surface area contributed by atoms with Gasteiger partial charge in [0.25, 0.3) is 0 Å². The minimum Gasteiger partial charge on any atom is -0.481 e. The van der Waals surface area contributed by atoms with E-state index in [1.54, 1.807) is 57.2 Å². The quantitative estimate of drug-likeness (QED) is 0.0660. The number of primary amides is 1. The van der Waals surface area contributed by atoms with Crippen molar-refractivity contribution >= 4 is 140 Å². The van der Waals surface area contributed by atoms with Gasteiger partial charge < -0.3 is 115 Å². The van der Waals surface area contributed by atoms with E-state index in [1.807, 2.05) is 64.7 Å². The Balaban J connectivity index is 1.02. The SMILES string of the molecule is CC(=O)N1CCC[C@]12C/C=C\CCCCCC/C=C/CCCOC(=O)N1CC3CC(C1)N[C@@H](Cc1ccsc1)C(=O)N[C@@H](Cc1csc4ccccc14)C(=O)N[C@H](C(N)=O)CCC(=O)NCCCC[C@H](NC(=O)[C@H](Cc1ccccc1)NC(=O)[C@H](C)NC(=O)[C@H](C)NC(=O)[C@H](Cc1cccc(C(=O)O)c1)NC(=O)[C@H](CC(=O)O)NC(=O)NC(O)[C@H](CC(C)(C)C)NC(=O)[C@H](CC(=O)O)NC2=O)C(=O)N3. The van der Waals surface area contributed by atoms with Crippen LogP contribution in [0.4, 0.5) is 9.59 Å². The molecule has 5 aromatic rings. The predicted octanol–water partition coefficient (Wildman–Crippen LogP) is 3.94. The molecule has 42 heteroatoms. The number of amides is 16. The lowest BCUT2D eigenvalue weighted by Crippen LogP contribution is -2.63. The summed E-state index contributed by atoms with van der Waals surface area (Å²) in [4.78, 5) is 257. The normalized spacial score (nSPS) is 26.7. The second kappa shape index (κ2) is 53.6. The largest absolute Gasteiger partial charge is 0.481 e. The van der Waals surface area contributed by atoms with E-state index in [1.165, 1.54) is 71.4 Å². The molecule has 139 heavy (non-hydrogen) atoms. The average Bonchev–Trinajstić information content (AvgIpc) is 1.66. The number of hydrogen-bond acceptors (Lipinski definition) is 23. The summed E-state index contributed by atoms with van der Waals surface area (Å²) < 4.78 is 6.87. The van der Waals surface area contributed by atoms with Crippen LogP contribution >= 0.6 is 22.7 Å². The molecular weight excluding hydrogens is 1840 g/mol. The van der Waals surface area contributed by atoms with Crippen molar-refractivity contribution in [2.75, 3.05) is 32.8 Å². The number of carboxylic acid groups (broad SMARTS) is 3. The zero-order valence-electron chi connectivity index (χ0n) is 79.0. The fourth-order valence-electron chi connectivity index (χ4n) is 17.2. The second-order valence-electron chi connectivity index (χ2n) is 36.9. The van der Waals surface area contributed by atoms with Crippen LogP contribution in [0.1, 0.15) is 203 Å². The van der Waals surface area contributed by atoms with Crippen molar-refractivity contribution in [3.05, 3.63) is 153 Å². The maximum Gasteiger partial charge on any atom is 0.409 e. The molecule has 0 radical (unpaired) electrons. The van der Waals surface area contributed by atoms with Crippen molar-refractivity contribution in [1.29, 1.82) is 0 Å². The number of hydrogen-bond donors (Lipinski definition) is 19. The van der Waals surface area contributed by atoms with E-state index in [-0.39, 0.29) is 121 Å². The molecule has 3 fully saturated rings. The third-order valence-corrected chi connectivity index (χ3v) is 26.2. The van der Waals surface area contributed by atoms with Gasteiger partial charge in [0.1, 0.15) is 66.1 Å². The number of carbonyl (C=O) groups excluding carboxylic acids is 15. The van der Waals surface area contributed by atoms with E-state index in [9.17, 15) is 92.3 Å². The number of urea groups is 1. The molecule has 0 aliphatic carbocycles. The summed E-state index contributed by atoms with van der Waals surface area (Å²) in [5.41, 5.74) is 5.37. The first-order valence-corrected chi connectivity index (χ1v) is 48.9. The molecule has 15 atom stereocenters. The number of rotatable bonds is 15. The fraction of sp³-hybridized carbons (Fsp3) is 0.526. The van der Waals surface area contributed by atoms with Gasteiger partial charge >= 0.3 is 30.0 Å². The smallest absolute Gasteiger partial charge is 0.409 e.